The molecule has 0 aromatic heterocycles. The number of ketones is 2. The molecule has 1 saturated heterocycles. The average Bonchev–Trinajstić information content (AvgIpc) is 3.41. The zero-order valence-corrected chi connectivity index (χ0v) is 19.9. The maximum Gasteiger partial charge on any atom is 0.306 e. The molecule has 1 aliphatic heterocycles. The molecule has 0 amide bonds. The summed E-state index contributed by atoms with van der Waals surface area (Å²) in [5.41, 5.74) is -1.83. The van der Waals surface area contributed by atoms with Gasteiger partial charge in [-0.25, -0.2) is 0 Å². The maximum atomic E-state index is 13.4. The predicted octanol–water partition coefficient (Wildman–Crippen LogP) is 4.48. The van der Waals surface area contributed by atoms with E-state index in [0.717, 1.165) is 25.7 Å². The van der Waals surface area contributed by atoms with Crippen molar-refractivity contribution in [1.29, 1.82) is 0 Å². The van der Waals surface area contributed by atoms with Crippen LogP contribution in [0.5, 0.6) is 0 Å². The van der Waals surface area contributed by atoms with Crippen LogP contribution in [-0.4, -0.2) is 40.7 Å². The molecule has 5 fully saturated rings. The van der Waals surface area contributed by atoms with Gasteiger partial charge in [-0.2, -0.15) is 0 Å². The Morgan fingerprint density at radius 2 is 1.94 bits per heavy atom. The highest BCUT2D eigenvalue weighted by Crippen LogP contribution is 2.77. The van der Waals surface area contributed by atoms with Crippen molar-refractivity contribution >= 4 is 29.1 Å². The van der Waals surface area contributed by atoms with Gasteiger partial charge in [0.15, 0.2) is 11.4 Å². The summed E-state index contributed by atoms with van der Waals surface area (Å²) < 4.78 is 12.8. The van der Waals surface area contributed by atoms with Gasteiger partial charge in [0.1, 0.15) is 11.4 Å². The lowest BCUT2D eigenvalue weighted by atomic mass is 9.44. The number of rotatable bonds is 4. The minimum atomic E-state index is -1.18. The van der Waals surface area contributed by atoms with E-state index in [4.69, 9.17) is 21.1 Å². The van der Waals surface area contributed by atoms with Crippen LogP contribution in [0, 0.1) is 34.5 Å². The Hall–Kier alpha value is -0.940. The Kier molecular flexibility index (Phi) is 4.79. The summed E-state index contributed by atoms with van der Waals surface area (Å²) in [4.78, 5) is 38.1. The normalized spacial score (nSPS) is 52.4. The molecular formula is C25H35ClO5. The van der Waals surface area contributed by atoms with Gasteiger partial charge in [-0.15, -0.1) is 11.6 Å². The van der Waals surface area contributed by atoms with Crippen molar-refractivity contribution in [2.24, 2.45) is 34.5 Å². The van der Waals surface area contributed by atoms with Crippen LogP contribution < -0.4 is 0 Å². The van der Waals surface area contributed by atoms with E-state index in [9.17, 15) is 14.4 Å². The monoisotopic (exact) mass is 450 g/mol. The summed E-state index contributed by atoms with van der Waals surface area (Å²) >= 11 is 6.11. The maximum absolute atomic E-state index is 13.4. The molecule has 0 aromatic carbocycles. The summed E-state index contributed by atoms with van der Waals surface area (Å²) in [5.74, 6) is 0.650. The molecule has 0 aromatic rings. The van der Waals surface area contributed by atoms with Crippen molar-refractivity contribution in [2.45, 2.75) is 96.4 Å². The number of alkyl halides is 1. The first kappa shape index (κ1) is 21.9. The first-order valence-corrected chi connectivity index (χ1v) is 12.6. The first-order valence-electron chi connectivity index (χ1n) is 12.1. The van der Waals surface area contributed by atoms with Gasteiger partial charge >= 0.3 is 5.97 Å². The second-order valence-electron chi connectivity index (χ2n) is 11.4. The van der Waals surface area contributed by atoms with E-state index in [1.165, 1.54) is 0 Å². The molecule has 1 spiro atoms. The largest absolute Gasteiger partial charge is 0.450 e. The predicted molar refractivity (Wildman–Crippen MR) is 116 cm³/mol. The van der Waals surface area contributed by atoms with Crippen molar-refractivity contribution in [1.82, 2.24) is 0 Å². The molecule has 5 rings (SSSR count). The number of epoxide rings is 1. The van der Waals surface area contributed by atoms with E-state index in [1.54, 1.807) is 6.92 Å². The molecule has 4 aliphatic carbocycles. The number of Topliss-reactive ketones (excluding diaryl/α,β-unsaturated/α-hetero) is 2. The van der Waals surface area contributed by atoms with E-state index in [2.05, 4.69) is 20.8 Å². The second kappa shape index (κ2) is 6.79. The lowest BCUT2D eigenvalue weighted by molar-refractivity contribution is -0.193. The minimum Gasteiger partial charge on any atom is -0.450 e. The fourth-order valence-electron chi connectivity index (χ4n) is 9.04. The van der Waals surface area contributed by atoms with E-state index in [0.29, 0.717) is 36.9 Å². The fourth-order valence-corrected chi connectivity index (χ4v) is 9.24. The van der Waals surface area contributed by atoms with Gasteiger partial charge in [0, 0.05) is 36.0 Å². The lowest BCUT2D eigenvalue weighted by Crippen LogP contribution is -2.64. The smallest absolute Gasteiger partial charge is 0.306 e. The van der Waals surface area contributed by atoms with Crippen LogP contribution in [0.1, 0.15) is 79.1 Å². The fraction of sp³-hybridized carbons (Fsp3) is 0.880. The van der Waals surface area contributed by atoms with Gasteiger partial charge in [0.2, 0.25) is 0 Å². The lowest BCUT2D eigenvalue weighted by Gasteiger charge is -2.59. The zero-order valence-electron chi connectivity index (χ0n) is 19.2. The molecule has 4 saturated carbocycles. The number of carbonyl (C=O) groups is 3. The van der Waals surface area contributed by atoms with Gasteiger partial charge in [0.25, 0.3) is 0 Å². The molecular weight excluding hydrogens is 416 g/mol. The van der Waals surface area contributed by atoms with Crippen LogP contribution in [0.3, 0.4) is 0 Å². The van der Waals surface area contributed by atoms with E-state index < -0.39 is 11.0 Å². The third kappa shape index (κ3) is 2.46. The highest BCUT2D eigenvalue weighted by molar-refractivity contribution is 6.29. The molecule has 5 nitrogen and oxygen atoms in total. The Morgan fingerprint density at radius 1 is 1.19 bits per heavy atom. The summed E-state index contributed by atoms with van der Waals surface area (Å²) in [5, 5.41) is 0. The average molecular weight is 451 g/mol. The summed E-state index contributed by atoms with van der Waals surface area (Å²) in [6, 6.07) is 0. The number of fused-ring (bicyclic) bond motifs is 3. The van der Waals surface area contributed by atoms with E-state index in [-0.39, 0.29) is 53.0 Å². The number of ether oxygens (including phenoxy) is 2. The Labute approximate surface area is 189 Å². The van der Waals surface area contributed by atoms with Crippen molar-refractivity contribution in [3.8, 4) is 0 Å². The van der Waals surface area contributed by atoms with E-state index >= 15 is 0 Å². The first-order chi connectivity index (χ1) is 14.6. The SMILES string of the molecule is CCC(=O)O[C@]1(C(=O)CCl)[C@@H](C)C[C@H]2[C@@H]3CC[C@@H]4CC(=O)CC[C@]4(C)[C@]34OC4C[C@@]21C. The number of halogens is 1. The quantitative estimate of drug-likeness (QED) is 0.359. The molecule has 172 valence electrons. The molecule has 1 heterocycles. The standard InChI is InChI=1S/C25H35ClO5/c1-5-21(29)31-24(19(28)13-26)14(2)10-18-17-7-6-15-11-16(27)8-9-22(15,3)25(17)20(30-25)12-23(18,24)4/h14-15,17-18,20H,5-13H2,1-4H3/t14-,15+,17-,18-,20?,22-,23-,24-,25-/m0/s1. The van der Waals surface area contributed by atoms with Crippen molar-refractivity contribution in [2.75, 3.05) is 5.88 Å². The Bertz CT molecular complexity index is 842. The topological polar surface area (TPSA) is 73.0 Å². The molecule has 0 bridgehead atoms. The Balaban J connectivity index is 1.57. The summed E-state index contributed by atoms with van der Waals surface area (Å²) in [6.07, 6.45) is 6.16. The molecule has 0 radical (unpaired) electrons. The molecule has 9 atom stereocenters. The van der Waals surface area contributed by atoms with Crippen molar-refractivity contribution in [3.05, 3.63) is 0 Å². The minimum absolute atomic E-state index is 0.0148. The van der Waals surface area contributed by atoms with Crippen molar-refractivity contribution in [3.63, 3.8) is 0 Å². The molecule has 6 heteroatoms. The molecule has 5 aliphatic rings. The van der Waals surface area contributed by atoms with Crippen LogP contribution >= 0.6 is 11.6 Å². The number of carbonyl (C=O) groups excluding carboxylic acids is 3. The highest BCUT2D eigenvalue weighted by Gasteiger charge is 2.83. The van der Waals surface area contributed by atoms with E-state index in [1.807, 2.05) is 0 Å². The van der Waals surface area contributed by atoms with Crippen LogP contribution in [0.15, 0.2) is 0 Å². The third-order valence-electron chi connectivity index (χ3n) is 10.5. The Morgan fingerprint density at radius 3 is 2.61 bits per heavy atom. The molecule has 0 N–H and O–H groups in total. The summed E-state index contributed by atoms with van der Waals surface area (Å²) in [6.45, 7) is 8.33. The van der Waals surface area contributed by atoms with Crippen LogP contribution in [-0.2, 0) is 23.9 Å². The van der Waals surface area contributed by atoms with Gasteiger partial charge < -0.3 is 9.47 Å². The number of esters is 1. The van der Waals surface area contributed by atoms with Crippen molar-refractivity contribution < 1.29 is 23.9 Å². The highest BCUT2D eigenvalue weighted by atomic mass is 35.5. The molecule has 31 heavy (non-hydrogen) atoms. The molecule has 1 unspecified atom stereocenters. The van der Waals surface area contributed by atoms with Gasteiger partial charge in [0.05, 0.1) is 12.0 Å². The van der Waals surface area contributed by atoms with Crippen LogP contribution in [0.4, 0.5) is 0 Å². The number of hydrogen-bond acceptors (Lipinski definition) is 5. The third-order valence-corrected chi connectivity index (χ3v) is 10.7. The van der Waals surface area contributed by atoms with Gasteiger partial charge in [-0.05, 0) is 49.9 Å². The summed E-state index contributed by atoms with van der Waals surface area (Å²) in [7, 11) is 0. The van der Waals surface area contributed by atoms with Crippen LogP contribution in [0.25, 0.3) is 0 Å². The van der Waals surface area contributed by atoms with Crippen LogP contribution in [0.2, 0.25) is 0 Å². The zero-order chi connectivity index (χ0) is 22.4. The van der Waals surface area contributed by atoms with Gasteiger partial charge in [-0.3, -0.25) is 14.4 Å². The number of hydrogen-bond donors (Lipinski definition) is 0. The second-order valence-corrected chi connectivity index (χ2v) is 11.7. The van der Waals surface area contributed by atoms with Gasteiger partial charge in [-0.1, -0.05) is 27.7 Å².